The van der Waals surface area contributed by atoms with Gasteiger partial charge in [0.15, 0.2) is 6.29 Å². The van der Waals surface area contributed by atoms with Gasteiger partial charge in [0.2, 0.25) is 0 Å². The van der Waals surface area contributed by atoms with Crippen LogP contribution in [0.3, 0.4) is 0 Å². The molecule has 2 aromatic rings. The average Bonchev–Trinajstić information content (AvgIpc) is 2.71. The molecule has 0 radical (unpaired) electrons. The summed E-state index contributed by atoms with van der Waals surface area (Å²) in [5.41, 5.74) is 4.30. The second-order valence-electron chi connectivity index (χ2n) is 3.96. The summed E-state index contributed by atoms with van der Waals surface area (Å²) in [6.45, 7) is 4.96. The van der Waals surface area contributed by atoms with Crippen LogP contribution in [0.5, 0.6) is 0 Å². The van der Waals surface area contributed by atoms with Crippen LogP contribution in [0.4, 0.5) is 0 Å². The van der Waals surface area contributed by atoms with Gasteiger partial charge >= 0.3 is 0 Å². The van der Waals surface area contributed by atoms with Gasteiger partial charge in [-0.05, 0) is 30.5 Å². The van der Waals surface area contributed by atoms with E-state index in [4.69, 9.17) is 0 Å². The molecule has 1 aromatic heterocycles. The Bertz CT molecular complexity index is 494. The van der Waals surface area contributed by atoms with Crippen molar-refractivity contribution in [2.75, 3.05) is 0 Å². The highest BCUT2D eigenvalue weighted by Gasteiger charge is 2.03. The molecule has 1 heterocycles. The highest BCUT2D eigenvalue weighted by Crippen LogP contribution is 2.14. The van der Waals surface area contributed by atoms with Crippen LogP contribution >= 0.6 is 0 Å². The van der Waals surface area contributed by atoms with Gasteiger partial charge in [0.1, 0.15) is 5.69 Å². The second kappa shape index (κ2) is 4.31. The summed E-state index contributed by atoms with van der Waals surface area (Å²) in [7, 11) is 0. The Morgan fingerprint density at radius 3 is 2.56 bits per heavy atom. The van der Waals surface area contributed by atoms with Crippen LogP contribution in [0.25, 0.3) is 0 Å². The Kier molecular flexibility index (Phi) is 2.86. The number of aryl methyl sites for hydroxylation is 2. The molecule has 3 heteroatoms. The SMILES string of the molecule is Cc1cccc(C)c1Cn1cnc(C=O)c1. The number of nitrogens with zero attached hydrogens (tertiary/aromatic N) is 2. The first kappa shape index (κ1) is 10.6. The topological polar surface area (TPSA) is 34.9 Å². The highest BCUT2D eigenvalue weighted by atomic mass is 16.1. The number of aldehydes is 1. The van der Waals surface area contributed by atoms with Crippen molar-refractivity contribution in [3.63, 3.8) is 0 Å². The summed E-state index contributed by atoms with van der Waals surface area (Å²) in [5, 5.41) is 0. The molecule has 0 aliphatic rings. The number of aromatic nitrogens is 2. The molecule has 82 valence electrons. The first-order valence-corrected chi connectivity index (χ1v) is 5.23. The molecule has 0 N–H and O–H groups in total. The minimum atomic E-state index is 0.478. The van der Waals surface area contributed by atoms with E-state index < -0.39 is 0 Å². The van der Waals surface area contributed by atoms with E-state index in [1.54, 1.807) is 12.5 Å². The molecule has 0 aliphatic carbocycles. The molecule has 0 saturated heterocycles. The van der Waals surface area contributed by atoms with Crippen LogP contribution in [0.2, 0.25) is 0 Å². The lowest BCUT2D eigenvalue weighted by Gasteiger charge is -2.09. The lowest BCUT2D eigenvalue weighted by Crippen LogP contribution is -2.01. The van der Waals surface area contributed by atoms with Crippen molar-refractivity contribution in [1.29, 1.82) is 0 Å². The monoisotopic (exact) mass is 214 g/mol. The number of imidazole rings is 1. The molecule has 0 amide bonds. The third-order valence-corrected chi connectivity index (χ3v) is 2.76. The average molecular weight is 214 g/mol. The van der Waals surface area contributed by atoms with Crippen molar-refractivity contribution in [2.24, 2.45) is 0 Å². The van der Waals surface area contributed by atoms with Crippen LogP contribution < -0.4 is 0 Å². The fourth-order valence-electron chi connectivity index (χ4n) is 1.81. The maximum atomic E-state index is 10.5. The van der Waals surface area contributed by atoms with Crippen molar-refractivity contribution < 1.29 is 4.79 Å². The van der Waals surface area contributed by atoms with Crippen molar-refractivity contribution in [1.82, 2.24) is 9.55 Å². The summed E-state index contributed by atoms with van der Waals surface area (Å²) >= 11 is 0. The van der Waals surface area contributed by atoms with E-state index in [-0.39, 0.29) is 0 Å². The largest absolute Gasteiger partial charge is 0.332 e. The van der Waals surface area contributed by atoms with E-state index in [2.05, 4.69) is 37.0 Å². The quantitative estimate of drug-likeness (QED) is 0.735. The Labute approximate surface area is 94.7 Å². The Morgan fingerprint density at radius 1 is 1.31 bits per heavy atom. The molecular weight excluding hydrogens is 200 g/mol. The van der Waals surface area contributed by atoms with E-state index in [9.17, 15) is 4.79 Å². The van der Waals surface area contributed by atoms with Crippen LogP contribution in [0.15, 0.2) is 30.7 Å². The summed E-state index contributed by atoms with van der Waals surface area (Å²) in [5.74, 6) is 0. The van der Waals surface area contributed by atoms with Crippen molar-refractivity contribution in [2.45, 2.75) is 20.4 Å². The molecule has 3 nitrogen and oxygen atoms in total. The van der Waals surface area contributed by atoms with Crippen molar-refractivity contribution in [3.05, 3.63) is 53.1 Å². The number of rotatable bonds is 3. The van der Waals surface area contributed by atoms with E-state index in [1.807, 2.05) is 4.57 Å². The molecule has 1 aromatic carbocycles. The Morgan fingerprint density at radius 2 is 2.00 bits per heavy atom. The van der Waals surface area contributed by atoms with Gasteiger partial charge < -0.3 is 4.57 Å². The lowest BCUT2D eigenvalue weighted by atomic mass is 10.0. The van der Waals surface area contributed by atoms with Crippen molar-refractivity contribution in [3.8, 4) is 0 Å². The first-order valence-electron chi connectivity index (χ1n) is 5.23. The molecule has 2 rings (SSSR count). The maximum absolute atomic E-state index is 10.5. The number of benzene rings is 1. The summed E-state index contributed by atoms with van der Waals surface area (Å²) in [6, 6.07) is 6.25. The maximum Gasteiger partial charge on any atom is 0.169 e. The minimum Gasteiger partial charge on any atom is -0.332 e. The summed E-state index contributed by atoms with van der Waals surface area (Å²) in [6.07, 6.45) is 4.22. The Balaban J connectivity index is 2.29. The third kappa shape index (κ3) is 2.03. The minimum absolute atomic E-state index is 0.478. The van der Waals surface area contributed by atoms with Gasteiger partial charge in [0, 0.05) is 12.7 Å². The van der Waals surface area contributed by atoms with Gasteiger partial charge in [0.25, 0.3) is 0 Å². The second-order valence-corrected chi connectivity index (χ2v) is 3.96. The van der Waals surface area contributed by atoms with Gasteiger partial charge in [-0.15, -0.1) is 0 Å². The van der Waals surface area contributed by atoms with Crippen LogP contribution in [0, 0.1) is 13.8 Å². The van der Waals surface area contributed by atoms with Gasteiger partial charge in [0.05, 0.1) is 6.33 Å². The van der Waals surface area contributed by atoms with Gasteiger partial charge in [-0.1, -0.05) is 18.2 Å². The zero-order valence-corrected chi connectivity index (χ0v) is 9.47. The summed E-state index contributed by atoms with van der Waals surface area (Å²) < 4.78 is 1.93. The van der Waals surface area contributed by atoms with E-state index in [0.717, 1.165) is 12.8 Å². The van der Waals surface area contributed by atoms with Crippen molar-refractivity contribution >= 4 is 6.29 Å². The molecular formula is C13H14N2O. The van der Waals surface area contributed by atoms with Crippen LogP contribution in [0.1, 0.15) is 27.2 Å². The predicted molar refractivity (Wildman–Crippen MR) is 62.6 cm³/mol. The molecule has 0 fully saturated rings. The number of hydrogen-bond donors (Lipinski definition) is 0. The molecule has 0 unspecified atom stereocenters. The van der Waals surface area contributed by atoms with Crippen LogP contribution in [-0.2, 0) is 6.54 Å². The van der Waals surface area contributed by atoms with E-state index >= 15 is 0 Å². The fraction of sp³-hybridized carbons (Fsp3) is 0.231. The zero-order valence-electron chi connectivity index (χ0n) is 9.47. The van der Waals surface area contributed by atoms with E-state index in [0.29, 0.717) is 5.69 Å². The smallest absolute Gasteiger partial charge is 0.169 e. The number of hydrogen-bond acceptors (Lipinski definition) is 2. The number of carbonyl (C=O) groups excluding carboxylic acids is 1. The predicted octanol–water partition coefficient (Wildman–Crippen LogP) is 2.36. The lowest BCUT2D eigenvalue weighted by molar-refractivity contribution is 0.111. The first-order chi connectivity index (χ1) is 7.70. The van der Waals surface area contributed by atoms with Crippen LogP contribution in [-0.4, -0.2) is 15.8 Å². The molecule has 0 aliphatic heterocycles. The van der Waals surface area contributed by atoms with E-state index in [1.165, 1.54) is 16.7 Å². The Hall–Kier alpha value is -1.90. The summed E-state index contributed by atoms with van der Waals surface area (Å²) in [4.78, 5) is 14.5. The van der Waals surface area contributed by atoms with Gasteiger partial charge in [-0.3, -0.25) is 4.79 Å². The highest BCUT2D eigenvalue weighted by molar-refractivity contribution is 5.70. The molecule has 0 saturated carbocycles. The molecule has 0 atom stereocenters. The molecule has 0 bridgehead atoms. The van der Waals surface area contributed by atoms with Gasteiger partial charge in [-0.2, -0.15) is 0 Å². The zero-order chi connectivity index (χ0) is 11.5. The third-order valence-electron chi connectivity index (χ3n) is 2.76. The molecule has 0 spiro atoms. The number of carbonyl (C=O) groups is 1. The standard InChI is InChI=1S/C13H14N2O/c1-10-4-3-5-11(2)13(10)7-15-6-12(8-16)14-9-15/h3-6,8-9H,7H2,1-2H3. The molecule has 16 heavy (non-hydrogen) atoms. The van der Waals surface area contributed by atoms with Gasteiger partial charge in [-0.25, -0.2) is 4.98 Å². The normalized spacial score (nSPS) is 10.4. The fourth-order valence-corrected chi connectivity index (χ4v) is 1.81.